The Balaban J connectivity index is 3.12. The van der Waals surface area contributed by atoms with Gasteiger partial charge in [-0.2, -0.15) is 0 Å². The van der Waals surface area contributed by atoms with Crippen LogP contribution in [0.2, 0.25) is 0 Å². The lowest BCUT2D eigenvalue weighted by molar-refractivity contribution is -0.144. The molecule has 0 aliphatic heterocycles. The molecule has 4 heteroatoms. The molecule has 94 valence electrons. The summed E-state index contributed by atoms with van der Waals surface area (Å²) in [6.07, 6.45) is 0.373. The van der Waals surface area contributed by atoms with Crippen LogP contribution in [0, 0.1) is 6.92 Å². The summed E-state index contributed by atoms with van der Waals surface area (Å²) in [5.74, 6) is -0.902. The van der Waals surface area contributed by atoms with Crippen LogP contribution in [0.4, 0.5) is 0 Å². The van der Waals surface area contributed by atoms with Gasteiger partial charge >= 0.3 is 5.97 Å². The summed E-state index contributed by atoms with van der Waals surface area (Å²) in [6, 6.07) is 7.45. The van der Waals surface area contributed by atoms with Crippen LogP contribution in [0.25, 0.3) is 0 Å². The third-order valence-electron chi connectivity index (χ3n) is 3.09. The monoisotopic (exact) mass is 237 g/mol. The number of aryl methyl sites for hydroxylation is 1. The van der Waals surface area contributed by atoms with Gasteiger partial charge in [0.2, 0.25) is 0 Å². The Kier molecular flexibility index (Phi) is 4.66. The molecular weight excluding hydrogens is 218 g/mol. The molecule has 0 aliphatic rings. The van der Waals surface area contributed by atoms with Crippen LogP contribution in [0.5, 0.6) is 0 Å². The molecule has 0 saturated carbocycles. The molecule has 4 nitrogen and oxygen atoms in total. The lowest BCUT2D eigenvalue weighted by Gasteiger charge is -2.28. The molecule has 1 aromatic carbocycles. The molecule has 1 aromatic rings. The van der Waals surface area contributed by atoms with Crippen LogP contribution in [0.15, 0.2) is 24.3 Å². The van der Waals surface area contributed by atoms with E-state index in [1.54, 1.807) is 7.11 Å². The molecular formula is C13H19NO3. The van der Waals surface area contributed by atoms with Crippen molar-refractivity contribution in [2.75, 3.05) is 20.3 Å². The predicted octanol–water partition coefficient (Wildman–Crippen LogP) is 1.31. The van der Waals surface area contributed by atoms with Crippen LogP contribution in [-0.4, -0.2) is 31.3 Å². The number of carboxylic acid groups (broad SMARTS) is 1. The molecule has 1 atom stereocenters. The van der Waals surface area contributed by atoms with Gasteiger partial charge in [0.25, 0.3) is 0 Å². The van der Waals surface area contributed by atoms with E-state index in [-0.39, 0.29) is 6.54 Å². The minimum atomic E-state index is -1.05. The zero-order valence-corrected chi connectivity index (χ0v) is 10.3. The van der Waals surface area contributed by atoms with E-state index in [0.717, 1.165) is 11.1 Å². The van der Waals surface area contributed by atoms with E-state index in [2.05, 4.69) is 0 Å². The number of methoxy groups -OCH3 is 1. The fourth-order valence-electron chi connectivity index (χ4n) is 1.83. The topological polar surface area (TPSA) is 72.5 Å². The number of carboxylic acids is 1. The maximum atomic E-state index is 11.5. The number of ether oxygens (including phenoxy) is 1. The third-order valence-corrected chi connectivity index (χ3v) is 3.09. The average Bonchev–Trinajstić information content (AvgIpc) is 2.32. The Morgan fingerprint density at radius 3 is 2.41 bits per heavy atom. The first-order valence-electron chi connectivity index (χ1n) is 5.56. The molecule has 0 amide bonds. The summed E-state index contributed by atoms with van der Waals surface area (Å²) in [6.45, 7) is 2.40. The fraction of sp³-hybridized carbons (Fsp3) is 0.462. The average molecular weight is 237 g/mol. The maximum Gasteiger partial charge on any atom is 0.315 e. The van der Waals surface area contributed by atoms with Crippen molar-refractivity contribution in [1.82, 2.24) is 0 Å². The van der Waals surface area contributed by atoms with E-state index in [1.165, 1.54) is 0 Å². The normalized spacial score (nSPS) is 14.3. The van der Waals surface area contributed by atoms with Gasteiger partial charge in [-0.15, -0.1) is 0 Å². The van der Waals surface area contributed by atoms with Gasteiger partial charge in [0, 0.05) is 20.3 Å². The number of benzene rings is 1. The zero-order chi connectivity index (χ0) is 12.9. The Bertz CT molecular complexity index is 375. The summed E-state index contributed by atoms with van der Waals surface area (Å²) < 4.78 is 4.98. The molecule has 0 aromatic heterocycles. The highest BCUT2D eigenvalue weighted by molar-refractivity contribution is 5.81. The summed E-state index contributed by atoms with van der Waals surface area (Å²) in [4.78, 5) is 11.5. The second kappa shape index (κ2) is 5.80. The highest BCUT2D eigenvalue weighted by Gasteiger charge is 2.38. The molecule has 1 unspecified atom stereocenters. The molecule has 0 heterocycles. The van der Waals surface area contributed by atoms with Crippen molar-refractivity contribution in [3.8, 4) is 0 Å². The summed E-state index contributed by atoms with van der Waals surface area (Å²) in [7, 11) is 1.55. The van der Waals surface area contributed by atoms with Gasteiger partial charge in [0.1, 0.15) is 5.41 Å². The van der Waals surface area contributed by atoms with E-state index >= 15 is 0 Å². The van der Waals surface area contributed by atoms with Crippen molar-refractivity contribution in [1.29, 1.82) is 0 Å². The number of carbonyl (C=O) groups is 1. The lowest BCUT2D eigenvalue weighted by Crippen LogP contribution is -2.43. The van der Waals surface area contributed by atoms with E-state index < -0.39 is 11.4 Å². The smallest absolute Gasteiger partial charge is 0.315 e. The molecule has 17 heavy (non-hydrogen) atoms. The number of hydrogen-bond donors (Lipinski definition) is 2. The second-order valence-corrected chi connectivity index (χ2v) is 4.20. The van der Waals surface area contributed by atoms with Crippen molar-refractivity contribution in [3.63, 3.8) is 0 Å². The van der Waals surface area contributed by atoms with Crippen molar-refractivity contribution >= 4 is 5.97 Å². The minimum absolute atomic E-state index is 0.0642. The molecule has 0 aliphatic carbocycles. The van der Waals surface area contributed by atoms with Crippen LogP contribution in [0.1, 0.15) is 17.5 Å². The minimum Gasteiger partial charge on any atom is -0.481 e. The van der Waals surface area contributed by atoms with E-state index in [1.807, 2.05) is 31.2 Å². The molecule has 3 N–H and O–H groups in total. The van der Waals surface area contributed by atoms with E-state index in [4.69, 9.17) is 10.5 Å². The van der Waals surface area contributed by atoms with Crippen molar-refractivity contribution in [3.05, 3.63) is 35.4 Å². The molecule has 0 saturated heterocycles. The molecule has 0 bridgehead atoms. The predicted molar refractivity (Wildman–Crippen MR) is 66.0 cm³/mol. The number of rotatable bonds is 6. The van der Waals surface area contributed by atoms with E-state index in [0.29, 0.717) is 13.0 Å². The first-order chi connectivity index (χ1) is 8.06. The van der Waals surface area contributed by atoms with Crippen molar-refractivity contribution in [2.24, 2.45) is 5.73 Å². The summed E-state index contributed by atoms with van der Waals surface area (Å²) in [5, 5.41) is 9.44. The van der Waals surface area contributed by atoms with Gasteiger partial charge in [-0.05, 0) is 18.9 Å². The van der Waals surface area contributed by atoms with Gasteiger partial charge in [-0.3, -0.25) is 4.79 Å². The maximum absolute atomic E-state index is 11.5. The largest absolute Gasteiger partial charge is 0.481 e. The number of nitrogens with two attached hydrogens (primary N) is 1. The quantitative estimate of drug-likeness (QED) is 0.782. The summed E-state index contributed by atoms with van der Waals surface area (Å²) in [5.41, 5.74) is 6.46. The molecule has 1 rings (SSSR count). The zero-order valence-electron chi connectivity index (χ0n) is 10.3. The highest BCUT2D eigenvalue weighted by Crippen LogP contribution is 2.28. The lowest BCUT2D eigenvalue weighted by atomic mass is 9.77. The van der Waals surface area contributed by atoms with Gasteiger partial charge in [-0.25, -0.2) is 0 Å². The van der Waals surface area contributed by atoms with Crippen LogP contribution >= 0.6 is 0 Å². The van der Waals surface area contributed by atoms with Gasteiger partial charge < -0.3 is 15.6 Å². The second-order valence-electron chi connectivity index (χ2n) is 4.20. The molecule has 0 spiro atoms. The fourth-order valence-corrected chi connectivity index (χ4v) is 1.83. The van der Waals surface area contributed by atoms with Crippen molar-refractivity contribution < 1.29 is 14.6 Å². The Morgan fingerprint density at radius 2 is 2.00 bits per heavy atom. The van der Waals surface area contributed by atoms with Crippen LogP contribution in [0.3, 0.4) is 0 Å². The molecule has 0 fully saturated rings. The molecule has 0 radical (unpaired) electrons. The first-order valence-corrected chi connectivity index (χ1v) is 5.56. The number of hydrogen-bond acceptors (Lipinski definition) is 3. The van der Waals surface area contributed by atoms with Gasteiger partial charge in [-0.1, -0.05) is 29.8 Å². The highest BCUT2D eigenvalue weighted by atomic mass is 16.5. The Labute approximate surface area is 101 Å². The van der Waals surface area contributed by atoms with Crippen LogP contribution < -0.4 is 5.73 Å². The van der Waals surface area contributed by atoms with Crippen molar-refractivity contribution in [2.45, 2.75) is 18.8 Å². The summed E-state index contributed by atoms with van der Waals surface area (Å²) >= 11 is 0. The van der Waals surface area contributed by atoms with Gasteiger partial charge in [0.05, 0.1) is 0 Å². The Morgan fingerprint density at radius 1 is 1.41 bits per heavy atom. The first kappa shape index (κ1) is 13.7. The standard InChI is InChI=1S/C13H19NO3/c1-10-3-5-11(6-4-10)13(9-14,12(15)16)7-8-17-2/h3-6H,7-9,14H2,1-2H3,(H,15,16). The van der Waals surface area contributed by atoms with Crippen LogP contribution in [-0.2, 0) is 14.9 Å². The van der Waals surface area contributed by atoms with E-state index in [9.17, 15) is 9.90 Å². The SMILES string of the molecule is COCCC(CN)(C(=O)O)c1ccc(C)cc1. The third kappa shape index (κ3) is 2.84. The number of aliphatic carboxylic acids is 1. The van der Waals surface area contributed by atoms with Gasteiger partial charge in [0.15, 0.2) is 0 Å². The Hall–Kier alpha value is -1.39.